The molecule has 0 unspecified atom stereocenters. The van der Waals surface area contributed by atoms with Crippen LogP contribution in [0.5, 0.6) is 0 Å². The van der Waals surface area contributed by atoms with E-state index >= 15 is 0 Å². The molecule has 1 aromatic carbocycles. The molecule has 0 radical (unpaired) electrons. The fourth-order valence-electron chi connectivity index (χ4n) is 1.90. The molecule has 0 amide bonds. The Bertz CT molecular complexity index is 596. The third-order valence-corrected chi connectivity index (χ3v) is 4.05. The van der Waals surface area contributed by atoms with Crippen molar-refractivity contribution in [1.29, 1.82) is 0 Å². The zero-order valence-electron chi connectivity index (χ0n) is 15.9. The Morgan fingerprint density at radius 1 is 1.08 bits per heavy atom. The van der Waals surface area contributed by atoms with Crippen molar-refractivity contribution in [1.82, 2.24) is 0 Å². The van der Waals surface area contributed by atoms with Gasteiger partial charge in [-0.15, -0.1) is 0 Å². The fourth-order valence-corrected chi connectivity index (χ4v) is 1.90. The van der Waals surface area contributed by atoms with Crippen molar-refractivity contribution in [3.05, 3.63) is 29.3 Å². The molecule has 1 rings (SSSR count). The van der Waals surface area contributed by atoms with E-state index in [4.69, 9.17) is 9.39 Å². The lowest BCUT2D eigenvalue weighted by Crippen LogP contribution is -2.53. The predicted octanol–water partition coefficient (Wildman–Crippen LogP) is 2.20. The van der Waals surface area contributed by atoms with Gasteiger partial charge in [0.05, 0.1) is 16.8 Å². The Labute approximate surface area is 145 Å². The van der Waals surface area contributed by atoms with Gasteiger partial charge in [0.25, 0.3) is 0 Å². The second kappa shape index (κ2) is 6.86. The first kappa shape index (κ1) is 20.7. The normalized spacial score (nSPS) is 12.9. The van der Waals surface area contributed by atoms with E-state index in [1.54, 1.807) is 52.8 Å². The summed E-state index contributed by atoms with van der Waals surface area (Å²) in [4.78, 5) is 12.1. The molecule has 134 valence electrons. The van der Waals surface area contributed by atoms with Gasteiger partial charge in [-0.2, -0.15) is 0 Å². The number of hydrogen-bond donors (Lipinski definition) is 2. The van der Waals surface area contributed by atoms with E-state index in [0.717, 1.165) is 0 Å². The molecule has 1 aromatic rings. The largest absolute Gasteiger partial charge is 0.491 e. The summed E-state index contributed by atoms with van der Waals surface area (Å²) in [5, 5.41) is 20.5. The van der Waals surface area contributed by atoms with Gasteiger partial charge in [0.15, 0.2) is 0 Å². The van der Waals surface area contributed by atoms with E-state index in [2.05, 4.69) is 0 Å². The van der Waals surface area contributed by atoms with Gasteiger partial charge in [-0.1, -0.05) is 11.6 Å². The minimum atomic E-state index is -1.21. The summed E-state index contributed by atoms with van der Waals surface area (Å²) in [5.41, 5.74) is -0.985. The minimum absolute atomic E-state index is 0.413. The van der Waals surface area contributed by atoms with Crippen molar-refractivity contribution < 1.29 is 24.3 Å². The molecule has 0 heterocycles. The second-order valence-corrected chi connectivity index (χ2v) is 8.11. The van der Waals surface area contributed by atoms with E-state index < -0.39 is 29.9 Å². The summed E-state index contributed by atoms with van der Waals surface area (Å²) in [6.45, 7) is 13.9. The van der Waals surface area contributed by atoms with Crippen molar-refractivity contribution in [2.24, 2.45) is 0 Å². The number of aryl methyl sites for hydroxylation is 1. The van der Waals surface area contributed by atoms with E-state index in [1.807, 2.05) is 20.8 Å². The van der Waals surface area contributed by atoms with E-state index in [1.165, 1.54) is 0 Å². The van der Waals surface area contributed by atoms with Crippen LogP contribution >= 0.6 is 0 Å². The molecule has 0 aliphatic carbocycles. The summed E-state index contributed by atoms with van der Waals surface area (Å²) in [7, 11) is -1.21. The lowest BCUT2D eigenvalue weighted by atomic mass is 9.74. The van der Waals surface area contributed by atoms with E-state index in [-0.39, 0.29) is 0 Å². The third kappa shape index (κ3) is 5.33. The zero-order chi connectivity index (χ0) is 18.9. The maximum atomic E-state index is 12.1. The van der Waals surface area contributed by atoms with Crippen LogP contribution in [0.15, 0.2) is 18.2 Å². The highest BCUT2D eigenvalue weighted by atomic mass is 16.6. The highest BCUT2D eigenvalue weighted by Gasteiger charge is 2.39. The average Bonchev–Trinajstić information content (AvgIpc) is 2.34. The number of benzene rings is 1. The van der Waals surface area contributed by atoms with Gasteiger partial charge in [-0.05, 0) is 73.0 Å². The number of carbonyl (C=O) groups excluding carboxylic acids is 1. The minimum Gasteiger partial charge on any atom is -0.456 e. The van der Waals surface area contributed by atoms with Gasteiger partial charge in [-0.25, -0.2) is 4.79 Å². The van der Waals surface area contributed by atoms with Crippen LogP contribution in [-0.4, -0.2) is 40.0 Å². The summed E-state index contributed by atoms with van der Waals surface area (Å²) in [6.07, 6.45) is 0. The Kier molecular flexibility index (Phi) is 5.91. The first-order chi connectivity index (χ1) is 10.6. The van der Waals surface area contributed by atoms with Crippen LogP contribution in [0, 0.1) is 6.92 Å². The van der Waals surface area contributed by atoms with Crippen LogP contribution in [0.1, 0.15) is 64.4 Å². The second-order valence-electron chi connectivity index (χ2n) is 8.11. The number of ether oxygens (including phenoxy) is 1. The molecule has 6 heteroatoms. The molecule has 0 aliphatic heterocycles. The molecule has 0 bridgehead atoms. The number of esters is 1. The van der Waals surface area contributed by atoms with Gasteiger partial charge >= 0.3 is 13.1 Å². The highest BCUT2D eigenvalue weighted by Crippen LogP contribution is 2.25. The van der Waals surface area contributed by atoms with Crippen molar-refractivity contribution in [3.63, 3.8) is 0 Å². The lowest BCUT2D eigenvalue weighted by molar-refractivity contribution is -0.0982. The summed E-state index contributed by atoms with van der Waals surface area (Å²) >= 11 is 0. The number of rotatable bonds is 5. The Hall–Kier alpha value is -1.37. The molecule has 24 heavy (non-hydrogen) atoms. The average molecular weight is 336 g/mol. The quantitative estimate of drug-likeness (QED) is 0.637. The Balaban J connectivity index is 2.98. The molecule has 0 saturated carbocycles. The maximum absolute atomic E-state index is 12.1. The van der Waals surface area contributed by atoms with Crippen LogP contribution in [0.4, 0.5) is 0 Å². The molecule has 2 N–H and O–H groups in total. The van der Waals surface area contributed by atoms with Crippen molar-refractivity contribution in [2.75, 3.05) is 0 Å². The van der Waals surface area contributed by atoms with Crippen molar-refractivity contribution in [2.45, 2.75) is 72.2 Å². The molecule has 0 aliphatic rings. The lowest BCUT2D eigenvalue weighted by Gasteiger charge is -2.38. The maximum Gasteiger partial charge on any atom is 0.491 e. The molecule has 0 aromatic heterocycles. The van der Waals surface area contributed by atoms with Crippen LogP contribution in [0.2, 0.25) is 0 Å². The van der Waals surface area contributed by atoms with Crippen molar-refractivity contribution >= 4 is 18.6 Å². The highest BCUT2D eigenvalue weighted by molar-refractivity contribution is 6.60. The Morgan fingerprint density at radius 2 is 1.62 bits per heavy atom. The fraction of sp³-hybridized carbons (Fsp3) is 0.611. The summed E-state index contributed by atoms with van der Waals surface area (Å²) < 4.78 is 11.0. The molecule has 0 fully saturated rings. The summed E-state index contributed by atoms with van der Waals surface area (Å²) in [6, 6.07) is 4.90. The third-order valence-electron chi connectivity index (χ3n) is 4.05. The first-order valence-electron chi connectivity index (χ1n) is 8.06. The van der Waals surface area contributed by atoms with Gasteiger partial charge in [0, 0.05) is 0 Å². The van der Waals surface area contributed by atoms with Gasteiger partial charge in [0.2, 0.25) is 0 Å². The SMILES string of the molecule is Cc1cc(C(=O)OC(C)(C)C)ccc1B(O)OC(C)(C)C(C)(C)O. The predicted molar refractivity (Wildman–Crippen MR) is 95.4 cm³/mol. The molecule has 5 nitrogen and oxygen atoms in total. The first-order valence-corrected chi connectivity index (χ1v) is 8.06. The number of carbonyl (C=O) groups is 1. The molecular formula is C18H29BO5. The topological polar surface area (TPSA) is 76.0 Å². The number of aliphatic hydroxyl groups is 1. The zero-order valence-corrected chi connectivity index (χ0v) is 15.9. The summed E-state index contributed by atoms with van der Waals surface area (Å²) in [5.74, 6) is -0.413. The van der Waals surface area contributed by atoms with Crippen LogP contribution in [0.25, 0.3) is 0 Å². The van der Waals surface area contributed by atoms with E-state index in [9.17, 15) is 14.9 Å². The van der Waals surface area contributed by atoms with Crippen LogP contribution < -0.4 is 5.46 Å². The van der Waals surface area contributed by atoms with Crippen molar-refractivity contribution in [3.8, 4) is 0 Å². The molecule has 0 saturated heterocycles. The van der Waals surface area contributed by atoms with Crippen LogP contribution in [-0.2, 0) is 9.39 Å². The molecule has 0 atom stereocenters. The monoisotopic (exact) mass is 336 g/mol. The number of hydrogen-bond acceptors (Lipinski definition) is 5. The smallest absolute Gasteiger partial charge is 0.456 e. The molecular weight excluding hydrogens is 307 g/mol. The van der Waals surface area contributed by atoms with Gasteiger partial charge < -0.3 is 19.5 Å². The molecule has 0 spiro atoms. The van der Waals surface area contributed by atoms with E-state index in [0.29, 0.717) is 16.6 Å². The van der Waals surface area contributed by atoms with Crippen LogP contribution in [0.3, 0.4) is 0 Å². The Morgan fingerprint density at radius 3 is 2.04 bits per heavy atom. The van der Waals surface area contributed by atoms with Gasteiger partial charge in [0.1, 0.15) is 5.60 Å². The van der Waals surface area contributed by atoms with Gasteiger partial charge in [-0.3, -0.25) is 0 Å². The standard InChI is InChI=1S/C18H29BO5/c1-12-11-13(15(20)23-16(2,3)4)9-10-14(12)19(22)24-18(7,8)17(5,6)21/h9-11,21-22H,1-8H3.